The smallest absolute Gasteiger partial charge is 0.325 e. The standard InChI is InChI=1S/C16H32N2O3/c1-15(21-5)9-8-12-18(13-15)11-7-6-10-16(2,17-3)14(19)20-4/h17H,6-13H2,1-5H3. The van der Waals surface area contributed by atoms with Crippen molar-refractivity contribution in [1.82, 2.24) is 10.2 Å². The minimum atomic E-state index is -0.572. The van der Waals surface area contributed by atoms with E-state index in [2.05, 4.69) is 17.1 Å². The molecule has 0 radical (unpaired) electrons. The van der Waals surface area contributed by atoms with Crippen LogP contribution in [0.5, 0.6) is 0 Å². The lowest BCUT2D eigenvalue weighted by molar-refractivity contribution is -0.148. The van der Waals surface area contributed by atoms with E-state index in [0.717, 1.165) is 45.3 Å². The molecule has 2 unspecified atom stereocenters. The first-order valence-electron chi connectivity index (χ1n) is 7.94. The van der Waals surface area contributed by atoms with Crippen molar-refractivity contribution in [2.75, 3.05) is 40.9 Å². The maximum absolute atomic E-state index is 11.8. The fourth-order valence-corrected chi connectivity index (χ4v) is 3.03. The van der Waals surface area contributed by atoms with Gasteiger partial charge in [-0.15, -0.1) is 0 Å². The molecule has 21 heavy (non-hydrogen) atoms. The highest BCUT2D eigenvalue weighted by Crippen LogP contribution is 2.24. The summed E-state index contributed by atoms with van der Waals surface area (Å²) < 4.78 is 10.5. The average Bonchev–Trinajstić information content (AvgIpc) is 2.50. The highest BCUT2D eigenvalue weighted by atomic mass is 16.5. The molecular weight excluding hydrogens is 268 g/mol. The molecule has 0 aromatic heterocycles. The van der Waals surface area contributed by atoms with Crippen LogP contribution in [0.3, 0.4) is 0 Å². The molecule has 0 bridgehead atoms. The minimum Gasteiger partial charge on any atom is -0.468 e. The molecule has 1 aliphatic heterocycles. The lowest BCUT2D eigenvalue weighted by atomic mass is 9.93. The molecule has 2 atom stereocenters. The predicted octanol–water partition coefficient (Wildman–Crippen LogP) is 1.81. The molecule has 1 N–H and O–H groups in total. The second-order valence-electron chi connectivity index (χ2n) is 6.56. The molecule has 0 spiro atoms. The van der Waals surface area contributed by atoms with Crippen LogP contribution in [0, 0.1) is 0 Å². The van der Waals surface area contributed by atoms with Gasteiger partial charge >= 0.3 is 5.97 Å². The third kappa shape index (κ3) is 5.24. The van der Waals surface area contributed by atoms with Crippen LogP contribution in [0.1, 0.15) is 46.0 Å². The molecule has 1 fully saturated rings. The molecule has 1 heterocycles. The van der Waals surface area contributed by atoms with Crippen molar-refractivity contribution in [1.29, 1.82) is 0 Å². The molecule has 0 amide bonds. The van der Waals surface area contributed by atoms with E-state index in [1.807, 2.05) is 14.0 Å². The van der Waals surface area contributed by atoms with E-state index in [9.17, 15) is 4.79 Å². The Morgan fingerprint density at radius 1 is 1.38 bits per heavy atom. The summed E-state index contributed by atoms with van der Waals surface area (Å²) in [6.07, 6.45) is 5.23. The monoisotopic (exact) mass is 300 g/mol. The molecule has 0 saturated carbocycles. The third-order valence-electron chi connectivity index (χ3n) is 4.82. The van der Waals surface area contributed by atoms with Gasteiger partial charge < -0.3 is 19.7 Å². The number of carbonyl (C=O) groups excluding carboxylic acids is 1. The Balaban J connectivity index is 2.32. The van der Waals surface area contributed by atoms with E-state index in [1.165, 1.54) is 13.5 Å². The fourth-order valence-electron chi connectivity index (χ4n) is 3.03. The van der Waals surface area contributed by atoms with Gasteiger partial charge in [0.2, 0.25) is 0 Å². The highest BCUT2D eigenvalue weighted by molar-refractivity contribution is 5.80. The van der Waals surface area contributed by atoms with E-state index in [4.69, 9.17) is 9.47 Å². The zero-order valence-corrected chi connectivity index (χ0v) is 14.3. The molecular formula is C16H32N2O3. The summed E-state index contributed by atoms with van der Waals surface area (Å²) in [7, 11) is 5.06. The number of likely N-dealkylation sites (N-methyl/N-ethyl adjacent to an activating group) is 1. The number of hydrogen-bond donors (Lipinski definition) is 1. The van der Waals surface area contributed by atoms with Crippen LogP contribution in [-0.2, 0) is 14.3 Å². The molecule has 0 aromatic rings. The van der Waals surface area contributed by atoms with Crippen LogP contribution >= 0.6 is 0 Å². The Bertz CT molecular complexity index is 337. The van der Waals surface area contributed by atoms with Gasteiger partial charge in [0.25, 0.3) is 0 Å². The Labute approximate surface area is 129 Å². The fraction of sp³-hybridized carbons (Fsp3) is 0.938. The Hall–Kier alpha value is -0.650. The summed E-state index contributed by atoms with van der Waals surface area (Å²) >= 11 is 0. The second kappa shape index (κ2) is 8.11. The average molecular weight is 300 g/mol. The van der Waals surface area contributed by atoms with Crippen LogP contribution < -0.4 is 5.32 Å². The second-order valence-corrected chi connectivity index (χ2v) is 6.56. The van der Waals surface area contributed by atoms with E-state index in [-0.39, 0.29) is 11.6 Å². The zero-order valence-electron chi connectivity index (χ0n) is 14.3. The molecule has 0 aromatic carbocycles. The number of hydrogen-bond acceptors (Lipinski definition) is 5. The van der Waals surface area contributed by atoms with E-state index in [1.54, 1.807) is 7.11 Å². The topological polar surface area (TPSA) is 50.8 Å². The quantitative estimate of drug-likeness (QED) is 0.547. The van der Waals surface area contributed by atoms with Gasteiger partial charge in [-0.25, -0.2) is 0 Å². The molecule has 124 valence electrons. The van der Waals surface area contributed by atoms with Crippen molar-refractivity contribution in [2.24, 2.45) is 0 Å². The first kappa shape index (κ1) is 18.4. The van der Waals surface area contributed by atoms with Crippen LogP contribution in [0.4, 0.5) is 0 Å². The van der Waals surface area contributed by atoms with Gasteiger partial charge in [0.15, 0.2) is 0 Å². The van der Waals surface area contributed by atoms with Crippen LogP contribution in [0.25, 0.3) is 0 Å². The van der Waals surface area contributed by atoms with Gasteiger partial charge in [-0.05, 0) is 66.1 Å². The predicted molar refractivity (Wildman–Crippen MR) is 84.4 cm³/mol. The largest absolute Gasteiger partial charge is 0.468 e. The Morgan fingerprint density at radius 3 is 2.67 bits per heavy atom. The Morgan fingerprint density at radius 2 is 2.10 bits per heavy atom. The van der Waals surface area contributed by atoms with Crippen molar-refractivity contribution in [2.45, 2.75) is 57.1 Å². The summed E-state index contributed by atoms with van der Waals surface area (Å²) in [5, 5.41) is 3.08. The normalized spacial score (nSPS) is 26.3. The number of carbonyl (C=O) groups is 1. The maximum atomic E-state index is 11.8. The molecule has 1 rings (SSSR count). The van der Waals surface area contributed by atoms with Crippen LogP contribution in [0.2, 0.25) is 0 Å². The number of nitrogens with zero attached hydrogens (tertiary/aromatic N) is 1. The van der Waals surface area contributed by atoms with Crippen LogP contribution in [0.15, 0.2) is 0 Å². The van der Waals surface area contributed by atoms with Gasteiger partial charge in [-0.2, -0.15) is 0 Å². The van der Waals surface area contributed by atoms with Gasteiger partial charge in [0.1, 0.15) is 5.54 Å². The first-order valence-corrected chi connectivity index (χ1v) is 7.94. The van der Waals surface area contributed by atoms with Crippen molar-refractivity contribution in [3.05, 3.63) is 0 Å². The SMILES string of the molecule is CNC(C)(CCCCN1CCCC(C)(OC)C1)C(=O)OC. The number of likely N-dealkylation sites (tertiary alicyclic amines) is 1. The van der Waals surface area contributed by atoms with Gasteiger partial charge in [-0.3, -0.25) is 4.79 Å². The number of methoxy groups -OCH3 is 2. The number of rotatable bonds is 8. The van der Waals surface area contributed by atoms with Crippen molar-refractivity contribution < 1.29 is 14.3 Å². The zero-order chi connectivity index (χ0) is 15.9. The van der Waals surface area contributed by atoms with Crippen molar-refractivity contribution in [3.63, 3.8) is 0 Å². The third-order valence-corrected chi connectivity index (χ3v) is 4.82. The molecule has 5 heteroatoms. The maximum Gasteiger partial charge on any atom is 0.325 e. The van der Waals surface area contributed by atoms with E-state index < -0.39 is 5.54 Å². The lowest BCUT2D eigenvalue weighted by Crippen LogP contribution is -2.49. The summed E-state index contributed by atoms with van der Waals surface area (Å²) in [6, 6.07) is 0. The number of nitrogens with one attached hydrogen (secondary N) is 1. The minimum absolute atomic E-state index is 0.00373. The molecule has 1 saturated heterocycles. The van der Waals surface area contributed by atoms with E-state index in [0.29, 0.717) is 0 Å². The number of piperidine rings is 1. The Kier molecular flexibility index (Phi) is 7.10. The van der Waals surface area contributed by atoms with Gasteiger partial charge in [0, 0.05) is 13.7 Å². The summed E-state index contributed by atoms with van der Waals surface area (Å²) in [5.41, 5.74) is -0.568. The molecule has 1 aliphatic rings. The highest BCUT2D eigenvalue weighted by Gasteiger charge is 2.32. The van der Waals surface area contributed by atoms with Crippen molar-refractivity contribution >= 4 is 5.97 Å². The summed E-state index contributed by atoms with van der Waals surface area (Å²) in [4.78, 5) is 14.2. The summed E-state index contributed by atoms with van der Waals surface area (Å²) in [5.74, 6) is -0.185. The summed E-state index contributed by atoms with van der Waals surface area (Å²) in [6.45, 7) is 7.32. The number of esters is 1. The van der Waals surface area contributed by atoms with E-state index >= 15 is 0 Å². The van der Waals surface area contributed by atoms with Crippen molar-refractivity contribution in [3.8, 4) is 0 Å². The van der Waals surface area contributed by atoms with Gasteiger partial charge in [0.05, 0.1) is 12.7 Å². The number of unbranched alkanes of at least 4 members (excludes halogenated alkanes) is 1. The van der Waals surface area contributed by atoms with Gasteiger partial charge in [-0.1, -0.05) is 0 Å². The van der Waals surface area contributed by atoms with Crippen LogP contribution in [-0.4, -0.2) is 62.9 Å². The lowest BCUT2D eigenvalue weighted by Gasteiger charge is -2.39. The molecule has 5 nitrogen and oxygen atoms in total. The first-order chi connectivity index (χ1) is 9.89. The number of ether oxygens (including phenoxy) is 2. The molecule has 0 aliphatic carbocycles.